The molecule has 0 spiro atoms. The topological polar surface area (TPSA) is 70.8 Å². The van der Waals surface area contributed by atoms with Gasteiger partial charge in [0.15, 0.2) is 6.67 Å². The summed E-state index contributed by atoms with van der Waals surface area (Å²) in [5, 5.41) is 12.8. The van der Waals surface area contributed by atoms with E-state index in [-0.39, 0.29) is 6.04 Å². The first-order chi connectivity index (χ1) is 14.4. The molecular weight excluding hydrogens is 396 g/mol. The lowest BCUT2D eigenvalue weighted by atomic mass is 10.1. The maximum absolute atomic E-state index is 5.67. The Morgan fingerprint density at radius 1 is 1.07 bits per heavy atom. The minimum atomic E-state index is 0.252. The van der Waals surface area contributed by atoms with E-state index in [1.807, 2.05) is 0 Å². The maximum atomic E-state index is 5.67. The molecule has 2 atom stereocenters. The SMILES string of the molecule is Cc1ccc(C)c(-n2nnn(C[NH+](C)[C@H](C)c3ccc(-n4cncn4)cc3)c2=S)c1. The third-order valence-corrected chi connectivity index (χ3v) is 5.83. The van der Waals surface area contributed by atoms with Crippen LogP contribution in [0.2, 0.25) is 0 Å². The Morgan fingerprint density at radius 2 is 1.83 bits per heavy atom. The fourth-order valence-electron chi connectivity index (χ4n) is 3.39. The number of hydrogen-bond donors (Lipinski definition) is 1. The van der Waals surface area contributed by atoms with Crippen molar-refractivity contribution in [3.05, 3.63) is 76.6 Å². The molecule has 4 rings (SSSR count). The van der Waals surface area contributed by atoms with Crippen molar-refractivity contribution in [1.82, 2.24) is 34.6 Å². The number of aromatic nitrogens is 7. The summed E-state index contributed by atoms with van der Waals surface area (Å²) >= 11 is 5.67. The monoisotopic (exact) mass is 421 g/mol. The third kappa shape index (κ3) is 3.94. The van der Waals surface area contributed by atoms with E-state index in [4.69, 9.17) is 12.2 Å². The number of quaternary nitrogens is 1. The van der Waals surface area contributed by atoms with Crippen LogP contribution >= 0.6 is 12.2 Å². The molecule has 30 heavy (non-hydrogen) atoms. The van der Waals surface area contributed by atoms with Crippen LogP contribution in [0.1, 0.15) is 29.7 Å². The van der Waals surface area contributed by atoms with Gasteiger partial charge in [-0.1, -0.05) is 24.3 Å². The number of nitrogens with zero attached hydrogens (tertiary/aromatic N) is 7. The van der Waals surface area contributed by atoms with Gasteiger partial charge < -0.3 is 4.90 Å². The molecule has 0 fully saturated rings. The molecule has 0 aliphatic rings. The Bertz CT molecular complexity index is 1190. The van der Waals surface area contributed by atoms with Crippen molar-refractivity contribution in [2.45, 2.75) is 33.5 Å². The molecule has 2 aromatic heterocycles. The van der Waals surface area contributed by atoms with Crippen LogP contribution in [0.4, 0.5) is 0 Å². The molecule has 8 nitrogen and oxygen atoms in total. The number of tetrazole rings is 1. The van der Waals surface area contributed by atoms with Crippen LogP contribution < -0.4 is 4.90 Å². The van der Waals surface area contributed by atoms with E-state index in [0.717, 1.165) is 22.5 Å². The third-order valence-electron chi connectivity index (χ3n) is 5.45. The van der Waals surface area contributed by atoms with E-state index in [0.29, 0.717) is 11.4 Å². The van der Waals surface area contributed by atoms with Gasteiger partial charge in [0.05, 0.1) is 18.4 Å². The first kappa shape index (κ1) is 20.1. The zero-order valence-electron chi connectivity index (χ0n) is 17.5. The Morgan fingerprint density at radius 3 is 2.53 bits per heavy atom. The molecule has 0 aliphatic heterocycles. The Labute approximate surface area is 180 Å². The standard InChI is InChI=1S/C21H24N8S/c1-15-5-6-16(2)20(11-15)29-21(30)28(24-25-29)14-26(4)17(3)18-7-9-19(10-8-18)27-13-22-12-23-27/h5-13,17H,14H2,1-4H3/p+1/t17-/m1/s1. The number of rotatable bonds is 6. The van der Waals surface area contributed by atoms with Gasteiger partial charge in [-0.3, -0.25) is 0 Å². The summed E-state index contributed by atoms with van der Waals surface area (Å²) < 4.78 is 5.86. The van der Waals surface area contributed by atoms with Crippen LogP contribution in [0.5, 0.6) is 0 Å². The molecule has 2 aromatic carbocycles. The highest BCUT2D eigenvalue weighted by atomic mass is 32.1. The molecule has 4 aromatic rings. The van der Waals surface area contributed by atoms with Crippen molar-refractivity contribution in [2.24, 2.45) is 0 Å². The van der Waals surface area contributed by atoms with Crippen LogP contribution in [0.25, 0.3) is 11.4 Å². The summed E-state index contributed by atoms with van der Waals surface area (Å²) in [6.07, 6.45) is 3.22. The molecule has 1 unspecified atom stereocenters. The molecule has 0 radical (unpaired) electrons. The average molecular weight is 422 g/mol. The number of nitrogens with one attached hydrogen (secondary N) is 1. The molecule has 9 heteroatoms. The normalized spacial score (nSPS) is 13.3. The van der Waals surface area contributed by atoms with Crippen LogP contribution in [0.3, 0.4) is 0 Å². The van der Waals surface area contributed by atoms with Crippen molar-refractivity contribution >= 4 is 12.2 Å². The maximum Gasteiger partial charge on any atom is 0.225 e. The summed E-state index contributed by atoms with van der Waals surface area (Å²) in [7, 11) is 2.13. The van der Waals surface area contributed by atoms with Gasteiger partial charge in [-0.25, -0.2) is 9.67 Å². The second-order valence-corrected chi connectivity index (χ2v) is 7.99. The summed E-state index contributed by atoms with van der Waals surface area (Å²) in [6.45, 7) is 6.93. The first-order valence-corrected chi connectivity index (χ1v) is 10.2. The van der Waals surface area contributed by atoms with E-state index in [9.17, 15) is 0 Å². The summed E-state index contributed by atoms with van der Waals surface area (Å²) in [5.74, 6) is 0. The molecule has 0 bridgehead atoms. The largest absolute Gasteiger partial charge is 0.313 e. The van der Waals surface area contributed by atoms with Crippen LogP contribution in [-0.2, 0) is 6.67 Å². The Kier molecular flexibility index (Phi) is 5.56. The fraction of sp³-hybridized carbons (Fsp3) is 0.286. The van der Waals surface area contributed by atoms with Gasteiger partial charge in [-0.15, -0.1) is 0 Å². The molecule has 0 aliphatic carbocycles. The van der Waals surface area contributed by atoms with Gasteiger partial charge in [0.25, 0.3) is 0 Å². The minimum absolute atomic E-state index is 0.252. The molecule has 0 saturated carbocycles. The van der Waals surface area contributed by atoms with Crippen LogP contribution in [0.15, 0.2) is 55.1 Å². The predicted octanol–water partition coefficient (Wildman–Crippen LogP) is 2.23. The van der Waals surface area contributed by atoms with Gasteiger partial charge in [0.2, 0.25) is 4.77 Å². The van der Waals surface area contributed by atoms with E-state index in [1.54, 1.807) is 20.4 Å². The van der Waals surface area contributed by atoms with Crippen LogP contribution in [-0.4, -0.2) is 41.6 Å². The van der Waals surface area contributed by atoms with E-state index < -0.39 is 0 Å². The van der Waals surface area contributed by atoms with Crippen molar-refractivity contribution in [3.63, 3.8) is 0 Å². The smallest absolute Gasteiger partial charge is 0.225 e. The highest BCUT2D eigenvalue weighted by molar-refractivity contribution is 7.71. The summed E-state index contributed by atoms with van der Waals surface area (Å²) in [4.78, 5) is 5.25. The lowest BCUT2D eigenvalue weighted by molar-refractivity contribution is -0.933. The number of hydrogen-bond acceptors (Lipinski definition) is 5. The van der Waals surface area contributed by atoms with Gasteiger partial charge in [0, 0.05) is 5.56 Å². The van der Waals surface area contributed by atoms with Crippen molar-refractivity contribution in [1.29, 1.82) is 0 Å². The number of benzene rings is 2. The molecule has 0 saturated heterocycles. The fourth-order valence-corrected chi connectivity index (χ4v) is 3.62. The zero-order valence-corrected chi connectivity index (χ0v) is 18.3. The highest BCUT2D eigenvalue weighted by Crippen LogP contribution is 2.16. The molecule has 1 N–H and O–H groups in total. The van der Waals surface area contributed by atoms with Crippen LogP contribution in [0, 0.1) is 18.6 Å². The average Bonchev–Trinajstić information content (AvgIpc) is 3.40. The van der Waals surface area contributed by atoms with Gasteiger partial charge in [-0.2, -0.15) is 14.5 Å². The van der Waals surface area contributed by atoms with E-state index >= 15 is 0 Å². The predicted molar refractivity (Wildman–Crippen MR) is 116 cm³/mol. The van der Waals surface area contributed by atoms with E-state index in [1.165, 1.54) is 16.8 Å². The highest BCUT2D eigenvalue weighted by Gasteiger charge is 2.18. The van der Waals surface area contributed by atoms with E-state index in [2.05, 4.69) is 90.8 Å². The second-order valence-electron chi connectivity index (χ2n) is 7.62. The molecule has 2 heterocycles. The lowest BCUT2D eigenvalue weighted by Gasteiger charge is -2.21. The number of aryl methyl sites for hydroxylation is 2. The molecule has 154 valence electrons. The van der Waals surface area contributed by atoms with Gasteiger partial charge >= 0.3 is 0 Å². The van der Waals surface area contributed by atoms with Crippen molar-refractivity contribution in [2.75, 3.05) is 7.05 Å². The molecule has 0 amide bonds. The van der Waals surface area contributed by atoms with Gasteiger partial charge in [0.1, 0.15) is 18.7 Å². The van der Waals surface area contributed by atoms with Crippen molar-refractivity contribution in [3.8, 4) is 11.4 Å². The lowest BCUT2D eigenvalue weighted by Crippen LogP contribution is -3.08. The molecular formula is C21H25N8S+. The summed E-state index contributed by atoms with van der Waals surface area (Å²) in [6, 6.07) is 14.8. The first-order valence-electron chi connectivity index (χ1n) is 9.82. The summed E-state index contributed by atoms with van der Waals surface area (Å²) in [5.41, 5.74) is 5.47. The Balaban J connectivity index is 1.51. The van der Waals surface area contributed by atoms with Gasteiger partial charge in [-0.05, 0) is 72.7 Å². The second kappa shape index (κ2) is 8.29. The quantitative estimate of drug-likeness (QED) is 0.484. The Hall–Kier alpha value is -3.17. The van der Waals surface area contributed by atoms with Crippen molar-refractivity contribution < 1.29 is 4.90 Å². The minimum Gasteiger partial charge on any atom is -0.313 e. The zero-order chi connectivity index (χ0) is 21.3.